The van der Waals surface area contributed by atoms with E-state index in [0.29, 0.717) is 0 Å². The SMILES string of the molecule is OC[C@H](O)[C@@H](O)[C@@H](O)[C@@H](O)C(O)O. The molecule has 13 heavy (non-hydrogen) atoms. The summed E-state index contributed by atoms with van der Waals surface area (Å²) in [5.74, 6) is 0. The maximum Gasteiger partial charge on any atom is 0.180 e. The highest BCUT2D eigenvalue weighted by atomic mass is 16.5. The van der Waals surface area contributed by atoms with Crippen LogP contribution < -0.4 is 0 Å². The molecule has 0 aliphatic rings. The first-order chi connectivity index (χ1) is 5.91. The van der Waals surface area contributed by atoms with Gasteiger partial charge >= 0.3 is 0 Å². The van der Waals surface area contributed by atoms with Crippen LogP contribution in [0.15, 0.2) is 0 Å². The molecule has 0 aliphatic heterocycles. The Morgan fingerprint density at radius 2 is 1.15 bits per heavy atom. The molecular formula is C6H14O7. The Morgan fingerprint density at radius 1 is 0.692 bits per heavy atom. The first-order valence-corrected chi connectivity index (χ1v) is 3.61. The van der Waals surface area contributed by atoms with Crippen LogP contribution in [0.25, 0.3) is 0 Å². The molecule has 0 saturated carbocycles. The third kappa shape index (κ3) is 3.53. The predicted molar refractivity (Wildman–Crippen MR) is 39.3 cm³/mol. The summed E-state index contributed by atoms with van der Waals surface area (Å²) in [4.78, 5) is 0. The number of rotatable bonds is 5. The fraction of sp³-hybridized carbons (Fsp3) is 1.00. The summed E-state index contributed by atoms with van der Waals surface area (Å²) in [7, 11) is 0. The highest BCUT2D eigenvalue weighted by Gasteiger charge is 2.33. The average molecular weight is 198 g/mol. The van der Waals surface area contributed by atoms with Crippen molar-refractivity contribution in [2.24, 2.45) is 0 Å². The summed E-state index contributed by atoms with van der Waals surface area (Å²) in [5.41, 5.74) is 0. The van der Waals surface area contributed by atoms with Crippen molar-refractivity contribution in [3.05, 3.63) is 0 Å². The Labute approximate surface area is 74.1 Å². The van der Waals surface area contributed by atoms with Crippen LogP contribution in [0.3, 0.4) is 0 Å². The van der Waals surface area contributed by atoms with E-state index in [4.69, 9.17) is 35.7 Å². The lowest BCUT2D eigenvalue weighted by atomic mass is 10.0. The van der Waals surface area contributed by atoms with Crippen molar-refractivity contribution in [2.75, 3.05) is 6.61 Å². The maximum absolute atomic E-state index is 8.97. The molecule has 0 fully saturated rings. The molecule has 0 aromatic carbocycles. The van der Waals surface area contributed by atoms with E-state index in [1.165, 1.54) is 0 Å². The molecule has 0 heterocycles. The van der Waals surface area contributed by atoms with E-state index in [2.05, 4.69) is 0 Å². The van der Waals surface area contributed by atoms with Gasteiger partial charge in [-0.1, -0.05) is 0 Å². The van der Waals surface area contributed by atoms with Crippen molar-refractivity contribution in [1.82, 2.24) is 0 Å². The van der Waals surface area contributed by atoms with E-state index >= 15 is 0 Å². The molecule has 80 valence electrons. The second-order valence-electron chi connectivity index (χ2n) is 2.64. The Hall–Kier alpha value is -0.280. The Morgan fingerprint density at radius 3 is 1.46 bits per heavy atom. The van der Waals surface area contributed by atoms with Crippen molar-refractivity contribution >= 4 is 0 Å². The van der Waals surface area contributed by atoms with Crippen LogP contribution in [0, 0.1) is 0 Å². The summed E-state index contributed by atoms with van der Waals surface area (Å²) in [6.45, 7) is -0.813. The summed E-state index contributed by atoms with van der Waals surface area (Å²) < 4.78 is 0. The van der Waals surface area contributed by atoms with Gasteiger partial charge in [-0.2, -0.15) is 0 Å². The molecule has 0 saturated heterocycles. The fourth-order valence-electron chi connectivity index (χ4n) is 0.714. The van der Waals surface area contributed by atoms with Gasteiger partial charge in [0, 0.05) is 0 Å². The van der Waals surface area contributed by atoms with Crippen LogP contribution in [-0.4, -0.2) is 73.1 Å². The Kier molecular flexibility index (Phi) is 5.33. The first-order valence-electron chi connectivity index (χ1n) is 3.61. The normalized spacial score (nSPS) is 21.2. The van der Waals surface area contributed by atoms with Gasteiger partial charge in [-0.25, -0.2) is 0 Å². The second-order valence-corrected chi connectivity index (χ2v) is 2.64. The maximum atomic E-state index is 8.97. The molecular weight excluding hydrogens is 184 g/mol. The van der Waals surface area contributed by atoms with Gasteiger partial charge in [-0.3, -0.25) is 0 Å². The molecule has 0 radical (unpaired) electrons. The van der Waals surface area contributed by atoms with Crippen molar-refractivity contribution in [3.63, 3.8) is 0 Å². The van der Waals surface area contributed by atoms with Crippen LogP contribution >= 0.6 is 0 Å². The number of hydrogen-bond acceptors (Lipinski definition) is 7. The van der Waals surface area contributed by atoms with Crippen molar-refractivity contribution in [3.8, 4) is 0 Å². The van der Waals surface area contributed by atoms with Gasteiger partial charge in [0.05, 0.1) is 6.61 Å². The molecule has 7 nitrogen and oxygen atoms in total. The molecule has 0 spiro atoms. The minimum atomic E-state index is -2.23. The number of aliphatic hydroxyl groups is 7. The quantitative estimate of drug-likeness (QED) is 0.222. The third-order valence-electron chi connectivity index (χ3n) is 1.59. The average Bonchev–Trinajstić information content (AvgIpc) is 2.12. The van der Waals surface area contributed by atoms with E-state index in [-0.39, 0.29) is 0 Å². The first kappa shape index (κ1) is 12.7. The smallest absolute Gasteiger partial charge is 0.180 e. The van der Waals surface area contributed by atoms with Crippen molar-refractivity contribution in [1.29, 1.82) is 0 Å². The summed E-state index contributed by atoms with van der Waals surface area (Å²) in [6, 6.07) is 0. The van der Waals surface area contributed by atoms with Crippen LogP contribution in [0.1, 0.15) is 0 Å². The van der Waals surface area contributed by atoms with E-state index in [0.717, 1.165) is 0 Å². The van der Waals surface area contributed by atoms with E-state index in [1.54, 1.807) is 0 Å². The summed E-state index contributed by atoms with van der Waals surface area (Å²) >= 11 is 0. The van der Waals surface area contributed by atoms with Gasteiger partial charge in [0.25, 0.3) is 0 Å². The van der Waals surface area contributed by atoms with Gasteiger partial charge in [0.2, 0.25) is 0 Å². The monoisotopic (exact) mass is 198 g/mol. The lowest BCUT2D eigenvalue weighted by molar-refractivity contribution is -0.190. The van der Waals surface area contributed by atoms with Crippen LogP contribution in [0.4, 0.5) is 0 Å². The van der Waals surface area contributed by atoms with Crippen molar-refractivity contribution < 1.29 is 35.7 Å². The highest BCUT2D eigenvalue weighted by Crippen LogP contribution is 2.06. The zero-order valence-electron chi connectivity index (χ0n) is 6.72. The number of aliphatic hydroxyl groups excluding tert-OH is 6. The minimum Gasteiger partial charge on any atom is -0.394 e. The lowest BCUT2D eigenvalue weighted by Crippen LogP contribution is -2.49. The highest BCUT2D eigenvalue weighted by molar-refractivity contribution is 4.81. The minimum absolute atomic E-state index is 0.813. The zero-order chi connectivity index (χ0) is 10.6. The number of hydrogen-bond donors (Lipinski definition) is 7. The molecule has 0 amide bonds. The van der Waals surface area contributed by atoms with Gasteiger partial charge in [-0.15, -0.1) is 0 Å². The molecule has 0 aliphatic carbocycles. The Bertz CT molecular complexity index is 139. The predicted octanol–water partition coefficient (Wildman–Crippen LogP) is -4.27. The summed E-state index contributed by atoms with van der Waals surface area (Å²) in [6.07, 6.45) is -9.67. The van der Waals surface area contributed by atoms with Crippen LogP contribution in [0.5, 0.6) is 0 Å². The molecule has 4 atom stereocenters. The second kappa shape index (κ2) is 5.45. The van der Waals surface area contributed by atoms with Gasteiger partial charge in [0.15, 0.2) is 6.29 Å². The fourth-order valence-corrected chi connectivity index (χ4v) is 0.714. The lowest BCUT2D eigenvalue weighted by Gasteiger charge is -2.26. The molecule has 0 rings (SSSR count). The van der Waals surface area contributed by atoms with E-state index < -0.39 is 37.3 Å². The molecule has 0 aromatic rings. The van der Waals surface area contributed by atoms with Crippen molar-refractivity contribution in [2.45, 2.75) is 30.7 Å². The molecule has 0 bridgehead atoms. The largest absolute Gasteiger partial charge is 0.394 e. The third-order valence-corrected chi connectivity index (χ3v) is 1.59. The molecule has 0 unspecified atom stereocenters. The Balaban J connectivity index is 4.15. The van der Waals surface area contributed by atoms with Crippen LogP contribution in [-0.2, 0) is 0 Å². The van der Waals surface area contributed by atoms with Gasteiger partial charge in [-0.05, 0) is 0 Å². The topological polar surface area (TPSA) is 142 Å². The standard InChI is InChI=1S/C6H14O7/c7-1-2(8)3(9)4(10)5(11)6(12)13/h2-13H,1H2/t2-,3+,4+,5+/m0/s1. The molecule has 7 heteroatoms. The molecule has 0 aromatic heterocycles. The summed E-state index contributed by atoms with van der Waals surface area (Å²) in [5, 5.41) is 60.6. The van der Waals surface area contributed by atoms with E-state index in [1.807, 2.05) is 0 Å². The molecule has 7 N–H and O–H groups in total. The zero-order valence-corrected chi connectivity index (χ0v) is 6.72. The van der Waals surface area contributed by atoms with Gasteiger partial charge in [0.1, 0.15) is 24.4 Å². The van der Waals surface area contributed by atoms with Gasteiger partial charge < -0.3 is 35.7 Å². The van der Waals surface area contributed by atoms with Crippen LogP contribution in [0.2, 0.25) is 0 Å². The van der Waals surface area contributed by atoms with E-state index in [9.17, 15) is 0 Å².